The third-order valence-electron chi connectivity index (χ3n) is 2.92. The van der Waals surface area contributed by atoms with Gasteiger partial charge in [-0.15, -0.1) is 0 Å². The Balaban J connectivity index is 2.83. The maximum atomic E-state index is 4.95. The molecule has 0 spiro atoms. The zero-order valence-electron chi connectivity index (χ0n) is 10.6. The van der Waals surface area contributed by atoms with E-state index in [2.05, 4.69) is 17.5 Å². The highest BCUT2D eigenvalue weighted by Gasteiger charge is 1.93. The summed E-state index contributed by atoms with van der Waals surface area (Å²) in [5.41, 5.74) is 0. The number of hydrogen-bond acceptors (Lipinski definition) is 3. The third kappa shape index (κ3) is 14.3. The molecule has 2 nitrogen and oxygen atoms in total. The van der Waals surface area contributed by atoms with E-state index < -0.39 is 0 Å². The van der Waals surface area contributed by atoms with Crippen LogP contribution in [-0.2, 0) is 4.84 Å². The van der Waals surface area contributed by atoms with Crippen molar-refractivity contribution < 1.29 is 4.84 Å². The molecular formula is C13H29NOS. The molecule has 0 radical (unpaired) electrons. The van der Waals surface area contributed by atoms with E-state index in [0.717, 1.165) is 12.2 Å². The standard InChI is InChI=1S/C13H29NOS/c14-15-12-10-8-6-4-2-1-3-5-7-9-11-13-16/h16H,1-14H2. The smallest absolute Gasteiger partial charge is 0.0679 e. The molecule has 0 amide bonds. The SMILES string of the molecule is NOCCCCCCCCCCCCCS. The minimum atomic E-state index is 0.713. The van der Waals surface area contributed by atoms with E-state index >= 15 is 0 Å². The van der Waals surface area contributed by atoms with E-state index in [9.17, 15) is 0 Å². The first kappa shape index (κ1) is 16.3. The van der Waals surface area contributed by atoms with Crippen molar-refractivity contribution in [1.29, 1.82) is 0 Å². The molecular weight excluding hydrogens is 218 g/mol. The van der Waals surface area contributed by atoms with Gasteiger partial charge in [0.25, 0.3) is 0 Å². The van der Waals surface area contributed by atoms with Gasteiger partial charge in [0.1, 0.15) is 0 Å². The van der Waals surface area contributed by atoms with E-state index in [1.54, 1.807) is 0 Å². The molecule has 98 valence electrons. The summed E-state index contributed by atoms with van der Waals surface area (Å²) in [6, 6.07) is 0. The van der Waals surface area contributed by atoms with E-state index in [4.69, 9.17) is 5.90 Å². The molecule has 0 saturated carbocycles. The van der Waals surface area contributed by atoms with Gasteiger partial charge in [-0.25, -0.2) is 5.90 Å². The monoisotopic (exact) mass is 247 g/mol. The van der Waals surface area contributed by atoms with Gasteiger partial charge >= 0.3 is 0 Å². The second kappa shape index (κ2) is 15.3. The Labute approximate surface area is 107 Å². The summed E-state index contributed by atoms with van der Waals surface area (Å²) >= 11 is 4.21. The lowest BCUT2D eigenvalue weighted by atomic mass is 10.1. The van der Waals surface area contributed by atoms with E-state index in [1.165, 1.54) is 64.2 Å². The lowest BCUT2D eigenvalue weighted by Crippen LogP contribution is -2.00. The van der Waals surface area contributed by atoms with Crippen molar-refractivity contribution in [2.75, 3.05) is 12.4 Å². The Hall–Kier alpha value is 0.270. The molecule has 2 N–H and O–H groups in total. The highest BCUT2D eigenvalue weighted by Crippen LogP contribution is 2.11. The number of thiol groups is 1. The minimum absolute atomic E-state index is 0.713. The van der Waals surface area contributed by atoms with Gasteiger partial charge in [-0.1, -0.05) is 57.8 Å². The third-order valence-corrected chi connectivity index (χ3v) is 3.24. The molecule has 0 aliphatic carbocycles. The topological polar surface area (TPSA) is 35.2 Å². The van der Waals surface area contributed by atoms with Crippen molar-refractivity contribution in [3.63, 3.8) is 0 Å². The fourth-order valence-corrected chi connectivity index (χ4v) is 2.11. The molecule has 0 saturated heterocycles. The van der Waals surface area contributed by atoms with Gasteiger partial charge in [0, 0.05) is 0 Å². The van der Waals surface area contributed by atoms with Crippen molar-refractivity contribution >= 4 is 12.6 Å². The Morgan fingerprint density at radius 2 is 1.00 bits per heavy atom. The van der Waals surface area contributed by atoms with Crippen LogP contribution >= 0.6 is 12.6 Å². The summed E-state index contributed by atoms with van der Waals surface area (Å²) < 4.78 is 0. The van der Waals surface area contributed by atoms with Crippen LogP contribution in [-0.4, -0.2) is 12.4 Å². The summed E-state index contributed by atoms with van der Waals surface area (Å²) in [5.74, 6) is 6.00. The first-order valence-corrected chi connectivity index (χ1v) is 7.47. The fourth-order valence-electron chi connectivity index (χ4n) is 1.89. The summed E-state index contributed by atoms with van der Waals surface area (Å²) in [4.78, 5) is 4.53. The van der Waals surface area contributed by atoms with Gasteiger partial charge in [-0.05, 0) is 18.6 Å². The Morgan fingerprint density at radius 3 is 1.38 bits per heavy atom. The lowest BCUT2D eigenvalue weighted by molar-refractivity contribution is 0.133. The molecule has 0 heterocycles. The van der Waals surface area contributed by atoms with E-state index in [-0.39, 0.29) is 0 Å². The second-order valence-corrected chi connectivity index (χ2v) is 4.93. The molecule has 0 rings (SSSR count). The number of unbranched alkanes of at least 4 members (excludes halogenated alkanes) is 10. The Bertz CT molecular complexity index is 109. The van der Waals surface area contributed by atoms with Crippen LogP contribution in [0, 0.1) is 0 Å². The van der Waals surface area contributed by atoms with E-state index in [0.29, 0.717) is 6.61 Å². The van der Waals surface area contributed by atoms with Crippen LogP contribution in [0.1, 0.15) is 70.6 Å². The van der Waals surface area contributed by atoms with Crippen LogP contribution in [0.5, 0.6) is 0 Å². The average Bonchev–Trinajstić information content (AvgIpc) is 2.31. The van der Waals surface area contributed by atoms with Crippen LogP contribution in [0.3, 0.4) is 0 Å². The van der Waals surface area contributed by atoms with Crippen LogP contribution in [0.15, 0.2) is 0 Å². The minimum Gasteiger partial charge on any atom is -0.305 e. The number of hydrogen-bond donors (Lipinski definition) is 2. The molecule has 0 atom stereocenters. The second-order valence-electron chi connectivity index (χ2n) is 4.48. The predicted octanol–water partition coefficient (Wildman–Crippen LogP) is 4.10. The Morgan fingerprint density at radius 1 is 0.625 bits per heavy atom. The summed E-state index contributed by atoms with van der Waals surface area (Å²) in [5, 5.41) is 0. The molecule has 16 heavy (non-hydrogen) atoms. The largest absolute Gasteiger partial charge is 0.305 e. The maximum absolute atomic E-state index is 4.95. The average molecular weight is 247 g/mol. The van der Waals surface area contributed by atoms with Crippen molar-refractivity contribution in [1.82, 2.24) is 0 Å². The molecule has 0 fully saturated rings. The maximum Gasteiger partial charge on any atom is 0.0679 e. The lowest BCUT2D eigenvalue weighted by Gasteiger charge is -2.02. The molecule has 0 aromatic heterocycles. The van der Waals surface area contributed by atoms with Gasteiger partial charge in [-0.2, -0.15) is 12.6 Å². The summed E-state index contributed by atoms with van der Waals surface area (Å²) in [7, 11) is 0. The fraction of sp³-hybridized carbons (Fsp3) is 1.00. The van der Waals surface area contributed by atoms with Gasteiger partial charge in [-0.3, -0.25) is 0 Å². The zero-order chi connectivity index (χ0) is 11.9. The number of rotatable bonds is 13. The molecule has 0 aliphatic heterocycles. The predicted molar refractivity (Wildman–Crippen MR) is 74.8 cm³/mol. The van der Waals surface area contributed by atoms with Crippen LogP contribution < -0.4 is 5.90 Å². The normalized spacial score (nSPS) is 10.9. The molecule has 0 aliphatic rings. The van der Waals surface area contributed by atoms with E-state index in [1.807, 2.05) is 0 Å². The van der Waals surface area contributed by atoms with Gasteiger partial charge < -0.3 is 4.84 Å². The molecule has 0 aromatic rings. The van der Waals surface area contributed by atoms with Gasteiger partial charge in [0.05, 0.1) is 6.61 Å². The zero-order valence-corrected chi connectivity index (χ0v) is 11.5. The van der Waals surface area contributed by atoms with Crippen LogP contribution in [0.25, 0.3) is 0 Å². The van der Waals surface area contributed by atoms with Crippen LogP contribution in [0.4, 0.5) is 0 Å². The number of nitrogens with two attached hydrogens (primary N) is 1. The summed E-state index contributed by atoms with van der Waals surface area (Å²) in [6.45, 7) is 0.713. The molecule has 0 bridgehead atoms. The van der Waals surface area contributed by atoms with Gasteiger partial charge in [0.15, 0.2) is 0 Å². The highest BCUT2D eigenvalue weighted by atomic mass is 32.1. The Kier molecular flexibility index (Phi) is 15.5. The van der Waals surface area contributed by atoms with Crippen molar-refractivity contribution in [2.45, 2.75) is 70.6 Å². The quantitative estimate of drug-likeness (QED) is 0.292. The summed E-state index contributed by atoms with van der Waals surface area (Å²) in [6.07, 6.45) is 14.8. The first-order chi connectivity index (χ1) is 7.91. The van der Waals surface area contributed by atoms with Crippen molar-refractivity contribution in [2.24, 2.45) is 5.90 Å². The highest BCUT2D eigenvalue weighted by molar-refractivity contribution is 7.80. The first-order valence-electron chi connectivity index (χ1n) is 6.84. The molecule has 0 aromatic carbocycles. The van der Waals surface area contributed by atoms with Crippen molar-refractivity contribution in [3.8, 4) is 0 Å². The molecule has 0 unspecified atom stereocenters. The van der Waals surface area contributed by atoms with Crippen molar-refractivity contribution in [3.05, 3.63) is 0 Å². The molecule has 3 heteroatoms. The van der Waals surface area contributed by atoms with Crippen LogP contribution in [0.2, 0.25) is 0 Å². The van der Waals surface area contributed by atoms with Gasteiger partial charge in [0.2, 0.25) is 0 Å².